The van der Waals surface area contributed by atoms with Crippen LogP contribution in [0.25, 0.3) is 0 Å². The van der Waals surface area contributed by atoms with E-state index < -0.39 is 0 Å². The summed E-state index contributed by atoms with van der Waals surface area (Å²) in [5, 5.41) is 13.2. The summed E-state index contributed by atoms with van der Waals surface area (Å²) in [7, 11) is 0. The highest BCUT2D eigenvalue weighted by Gasteiger charge is 2.25. The van der Waals surface area contributed by atoms with Crippen LogP contribution in [0.3, 0.4) is 0 Å². The van der Waals surface area contributed by atoms with E-state index in [9.17, 15) is 9.90 Å². The largest absolute Gasteiger partial charge is 0.393 e. The zero-order valence-electron chi connectivity index (χ0n) is 11.3. The van der Waals surface area contributed by atoms with E-state index in [0.29, 0.717) is 28.6 Å². The van der Waals surface area contributed by atoms with Gasteiger partial charge in [0, 0.05) is 18.8 Å². The van der Waals surface area contributed by atoms with Crippen LogP contribution in [-0.4, -0.2) is 41.1 Å². The Kier molecular flexibility index (Phi) is 5.27. The van der Waals surface area contributed by atoms with Gasteiger partial charge in [0.05, 0.1) is 22.2 Å². The first-order valence-electron chi connectivity index (χ1n) is 6.65. The Balaban J connectivity index is 1.95. The molecule has 0 radical (unpaired) electrons. The van der Waals surface area contributed by atoms with Crippen LogP contribution in [0.2, 0.25) is 10.0 Å². The van der Waals surface area contributed by atoms with Crippen molar-refractivity contribution in [2.24, 2.45) is 0 Å². The molecule has 1 aromatic carbocycles. The standard InChI is InChI=1S/C14H18Cl2N2O2/c1-9(18-6-4-11(19)5-7-18)14(20)17-10-2-3-12(15)13(16)8-10/h2-3,8-9,11,19H,4-7H2,1H3,(H,17,20). The summed E-state index contributed by atoms with van der Waals surface area (Å²) in [6.45, 7) is 3.33. The molecule has 1 heterocycles. The Labute approximate surface area is 128 Å². The molecule has 1 aliphatic rings. The number of likely N-dealkylation sites (tertiary alicyclic amines) is 1. The zero-order chi connectivity index (χ0) is 14.7. The number of aliphatic hydroxyl groups excluding tert-OH is 1. The second kappa shape index (κ2) is 6.76. The van der Waals surface area contributed by atoms with E-state index in [1.807, 2.05) is 6.92 Å². The highest BCUT2D eigenvalue weighted by molar-refractivity contribution is 6.42. The Morgan fingerprint density at radius 2 is 2.00 bits per heavy atom. The average molecular weight is 317 g/mol. The van der Waals surface area contributed by atoms with Crippen LogP contribution < -0.4 is 5.32 Å². The second-order valence-corrected chi connectivity index (χ2v) is 5.88. The number of aliphatic hydroxyl groups is 1. The van der Waals surface area contributed by atoms with Gasteiger partial charge in [-0.05, 0) is 38.0 Å². The van der Waals surface area contributed by atoms with Crippen molar-refractivity contribution in [3.8, 4) is 0 Å². The topological polar surface area (TPSA) is 52.6 Å². The Bertz CT molecular complexity index is 488. The first-order valence-corrected chi connectivity index (χ1v) is 7.41. The average Bonchev–Trinajstić information content (AvgIpc) is 2.43. The highest BCUT2D eigenvalue weighted by atomic mass is 35.5. The van der Waals surface area contributed by atoms with E-state index in [1.165, 1.54) is 0 Å². The van der Waals surface area contributed by atoms with Crippen LogP contribution in [0.4, 0.5) is 5.69 Å². The molecular weight excluding hydrogens is 299 g/mol. The van der Waals surface area contributed by atoms with Crippen LogP contribution in [0.15, 0.2) is 18.2 Å². The molecule has 0 bridgehead atoms. The molecule has 0 aliphatic carbocycles. The molecule has 1 aromatic rings. The lowest BCUT2D eigenvalue weighted by atomic mass is 10.1. The van der Waals surface area contributed by atoms with Gasteiger partial charge in [0.1, 0.15) is 0 Å². The third-order valence-corrected chi connectivity index (χ3v) is 4.35. The van der Waals surface area contributed by atoms with Gasteiger partial charge in [-0.3, -0.25) is 9.69 Å². The van der Waals surface area contributed by atoms with Gasteiger partial charge in [0.25, 0.3) is 0 Å². The second-order valence-electron chi connectivity index (χ2n) is 5.06. The number of hydrogen-bond donors (Lipinski definition) is 2. The molecule has 4 nitrogen and oxygen atoms in total. The number of amides is 1. The summed E-state index contributed by atoms with van der Waals surface area (Å²) < 4.78 is 0. The van der Waals surface area contributed by atoms with E-state index in [-0.39, 0.29) is 18.1 Å². The number of rotatable bonds is 3. The predicted molar refractivity (Wildman–Crippen MR) is 81.4 cm³/mol. The monoisotopic (exact) mass is 316 g/mol. The first-order chi connectivity index (χ1) is 9.47. The molecule has 0 spiro atoms. The molecule has 6 heteroatoms. The van der Waals surface area contributed by atoms with Crippen molar-refractivity contribution in [2.45, 2.75) is 31.9 Å². The van der Waals surface area contributed by atoms with Crippen molar-refractivity contribution in [2.75, 3.05) is 18.4 Å². The summed E-state index contributed by atoms with van der Waals surface area (Å²) in [5.41, 5.74) is 0.633. The number of hydrogen-bond acceptors (Lipinski definition) is 3. The summed E-state index contributed by atoms with van der Waals surface area (Å²) in [6, 6.07) is 4.77. The van der Waals surface area contributed by atoms with E-state index in [2.05, 4.69) is 10.2 Å². The van der Waals surface area contributed by atoms with Gasteiger partial charge in [0.15, 0.2) is 0 Å². The number of halogens is 2. The number of benzene rings is 1. The van der Waals surface area contributed by atoms with Gasteiger partial charge in [-0.15, -0.1) is 0 Å². The van der Waals surface area contributed by atoms with Gasteiger partial charge in [-0.2, -0.15) is 0 Å². The smallest absolute Gasteiger partial charge is 0.241 e. The number of piperidine rings is 1. The fourth-order valence-corrected chi connectivity index (χ4v) is 2.56. The fraction of sp³-hybridized carbons (Fsp3) is 0.500. The van der Waals surface area contributed by atoms with Crippen molar-refractivity contribution in [3.63, 3.8) is 0 Å². The summed E-state index contributed by atoms with van der Waals surface area (Å²) in [6.07, 6.45) is 1.19. The van der Waals surface area contributed by atoms with Crippen LogP contribution in [0.5, 0.6) is 0 Å². The molecule has 110 valence electrons. The maximum atomic E-state index is 12.2. The van der Waals surface area contributed by atoms with Crippen LogP contribution in [0, 0.1) is 0 Å². The van der Waals surface area contributed by atoms with Crippen LogP contribution >= 0.6 is 23.2 Å². The van der Waals surface area contributed by atoms with E-state index >= 15 is 0 Å². The predicted octanol–water partition coefficient (Wildman–Crippen LogP) is 2.78. The molecule has 2 N–H and O–H groups in total. The summed E-state index contributed by atoms with van der Waals surface area (Å²) in [4.78, 5) is 14.3. The molecule has 1 fully saturated rings. The summed E-state index contributed by atoms with van der Waals surface area (Å²) >= 11 is 11.8. The molecule has 20 heavy (non-hydrogen) atoms. The lowest BCUT2D eigenvalue weighted by Gasteiger charge is -2.33. The lowest BCUT2D eigenvalue weighted by Crippen LogP contribution is -2.47. The molecular formula is C14H18Cl2N2O2. The van der Waals surface area contributed by atoms with Gasteiger partial charge < -0.3 is 10.4 Å². The van der Waals surface area contributed by atoms with E-state index in [4.69, 9.17) is 23.2 Å². The minimum Gasteiger partial charge on any atom is -0.393 e. The number of nitrogens with one attached hydrogen (secondary N) is 1. The quantitative estimate of drug-likeness (QED) is 0.901. The van der Waals surface area contributed by atoms with Crippen molar-refractivity contribution in [1.82, 2.24) is 4.90 Å². The van der Waals surface area contributed by atoms with E-state index in [0.717, 1.165) is 13.1 Å². The van der Waals surface area contributed by atoms with Gasteiger partial charge >= 0.3 is 0 Å². The Hall–Kier alpha value is -0.810. The molecule has 1 atom stereocenters. The number of carbonyl (C=O) groups excluding carboxylic acids is 1. The molecule has 1 amide bonds. The molecule has 2 rings (SSSR count). The minimum absolute atomic E-state index is 0.0835. The molecule has 1 unspecified atom stereocenters. The minimum atomic E-state index is -0.239. The number of anilines is 1. The number of nitrogens with zero attached hydrogens (tertiary/aromatic N) is 1. The van der Waals surface area contributed by atoms with Crippen molar-refractivity contribution >= 4 is 34.8 Å². The van der Waals surface area contributed by atoms with Crippen molar-refractivity contribution in [3.05, 3.63) is 28.2 Å². The lowest BCUT2D eigenvalue weighted by molar-refractivity contribution is -0.121. The maximum Gasteiger partial charge on any atom is 0.241 e. The molecule has 0 aromatic heterocycles. The Morgan fingerprint density at radius 3 is 2.60 bits per heavy atom. The maximum absolute atomic E-state index is 12.2. The van der Waals surface area contributed by atoms with Crippen molar-refractivity contribution in [1.29, 1.82) is 0 Å². The van der Waals surface area contributed by atoms with Gasteiger partial charge in [-0.1, -0.05) is 23.2 Å². The van der Waals surface area contributed by atoms with Crippen molar-refractivity contribution < 1.29 is 9.90 Å². The first kappa shape index (κ1) is 15.6. The SMILES string of the molecule is CC(C(=O)Nc1ccc(Cl)c(Cl)c1)N1CCC(O)CC1. The van der Waals surface area contributed by atoms with E-state index in [1.54, 1.807) is 18.2 Å². The van der Waals surface area contributed by atoms with Gasteiger partial charge in [0.2, 0.25) is 5.91 Å². The third-order valence-electron chi connectivity index (χ3n) is 3.61. The molecule has 1 saturated heterocycles. The molecule has 1 aliphatic heterocycles. The van der Waals surface area contributed by atoms with Crippen LogP contribution in [-0.2, 0) is 4.79 Å². The highest BCUT2D eigenvalue weighted by Crippen LogP contribution is 2.25. The third kappa shape index (κ3) is 3.85. The Morgan fingerprint density at radius 1 is 1.35 bits per heavy atom. The van der Waals surface area contributed by atoms with Gasteiger partial charge in [-0.25, -0.2) is 0 Å². The zero-order valence-corrected chi connectivity index (χ0v) is 12.8. The molecule has 0 saturated carbocycles. The fourth-order valence-electron chi connectivity index (χ4n) is 2.26. The van der Waals surface area contributed by atoms with Crippen LogP contribution in [0.1, 0.15) is 19.8 Å². The number of carbonyl (C=O) groups is 1. The normalized spacial score (nSPS) is 18.8. The summed E-state index contributed by atoms with van der Waals surface area (Å²) in [5.74, 6) is -0.0835.